The number of carbonyl (C=O) groups excluding carboxylic acids is 4. The van der Waals surface area contributed by atoms with Crippen LogP contribution in [0.25, 0.3) is 15.4 Å². The third kappa shape index (κ3) is 11.5. The van der Waals surface area contributed by atoms with E-state index >= 15 is 0 Å². The molecule has 5 N–H and O–H groups in total. The molecular weight excluding hydrogens is 986 g/mol. The number of benzene rings is 2. The summed E-state index contributed by atoms with van der Waals surface area (Å²) in [6.45, 7) is 13.3. The van der Waals surface area contributed by atoms with Gasteiger partial charge >= 0.3 is 0 Å². The zero-order chi connectivity index (χ0) is 51.9. The van der Waals surface area contributed by atoms with Gasteiger partial charge in [0.25, 0.3) is 0 Å². The predicted octanol–water partition coefficient (Wildman–Crippen LogP) is 7.58. The highest BCUT2D eigenvalue weighted by atomic mass is 35.5. The Morgan fingerprint density at radius 2 is 1.58 bits per heavy atom. The van der Waals surface area contributed by atoms with Crippen molar-refractivity contribution in [3.8, 4) is 15.4 Å². The van der Waals surface area contributed by atoms with E-state index in [1.807, 2.05) is 87.7 Å². The van der Waals surface area contributed by atoms with E-state index in [9.17, 15) is 29.4 Å². The molecule has 388 valence electrons. The summed E-state index contributed by atoms with van der Waals surface area (Å²) >= 11 is 9.49. The number of amides is 4. The van der Waals surface area contributed by atoms with Crippen LogP contribution >= 0.6 is 34.3 Å². The van der Waals surface area contributed by atoms with Crippen LogP contribution in [-0.4, -0.2) is 114 Å². The third-order valence-corrected chi connectivity index (χ3v) is 17.4. The number of aromatic nitrogens is 4. The normalized spacial score (nSPS) is 23.6. The molecule has 4 amide bonds. The SMILES string of the molecule is Cc1ncsc1-c1ccc([C@H](CO)NC(=O)[C@@H]2C[C@@H](O)CN2C(=O)[C@@H](NC(=O)CC2CCC(O[C@H]3C[C@H](NC(=O)C[C@@H]4N=C(c5ccc(Cl)cc5)c5c(sc(C)c5C)-n5c(C)nnc54)C3)CC2)C(C)(C)C)cc1. The smallest absolute Gasteiger partial charge is 0.246 e. The van der Waals surface area contributed by atoms with Crippen molar-refractivity contribution in [3.05, 3.63) is 104 Å². The van der Waals surface area contributed by atoms with Crippen LogP contribution < -0.4 is 16.0 Å². The molecule has 4 aliphatic rings. The van der Waals surface area contributed by atoms with Crippen molar-refractivity contribution in [2.24, 2.45) is 16.3 Å². The van der Waals surface area contributed by atoms with Gasteiger partial charge in [0.1, 0.15) is 29.0 Å². The molecule has 9 rings (SSSR count). The van der Waals surface area contributed by atoms with E-state index in [1.165, 1.54) is 21.1 Å². The first-order chi connectivity index (χ1) is 34.8. The molecule has 16 nitrogen and oxygen atoms in total. The van der Waals surface area contributed by atoms with Gasteiger partial charge in [0.15, 0.2) is 5.82 Å². The summed E-state index contributed by atoms with van der Waals surface area (Å²) in [5.74, 6) is 0.230. The molecule has 0 radical (unpaired) electrons. The number of aliphatic imine (C=N–C) groups is 1. The lowest BCUT2D eigenvalue weighted by atomic mass is 9.83. The number of likely N-dealkylation sites (tertiary alicyclic amines) is 1. The summed E-state index contributed by atoms with van der Waals surface area (Å²) in [7, 11) is 0. The molecule has 0 bridgehead atoms. The summed E-state index contributed by atoms with van der Waals surface area (Å²) in [6, 6.07) is 12.0. The predicted molar refractivity (Wildman–Crippen MR) is 282 cm³/mol. The number of hydrogen-bond donors (Lipinski definition) is 5. The zero-order valence-corrected chi connectivity index (χ0v) is 44.9. The Hall–Kier alpha value is -5.37. The first-order valence-corrected chi connectivity index (χ1v) is 27.4. The fourth-order valence-electron chi connectivity index (χ4n) is 10.7. The number of β-amino-alcohol motifs (C(OH)–C–C–N with tert-alkyl or cyclic N) is 1. The number of aliphatic hydroxyl groups is 2. The van der Waals surface area contributed by atoms with E-state index < -0.39 is 47.5 Å². The van der Waals surface area contributed by atoms with E-state index in [1.54, 1.807) is 16.8 Å². The van der Waals surface area contributed by atoms with Gasteiger partial charge in [-0.1, -0.05) is 68.8 Å². The summed E-state index contributed by atoms with van der Waals surface area (Å²) in [5.41, 5.74) is 7.57. The molecule has 5 atom stereocenters. The number of nitrogens with one attached hydrogen (secondary N) is 3. The Morgan fingerprint density at radius 3 is 2.23 bits per heavy atom. The summed E-state index contributed by atoms with van der Waals surface area (Å²) < 4.78 is 8.57. The lowest BCUT2D eigenvalue weighted by Crippen LogP contribution is -2.58. The maximum atomic E-state index is 14.3. The standard InChI is InChI=1S/C54H66ClN9O7S2/c1-28-30(3)73-53-46(28)47(34-14-16-36(55)17-15-34)58-41(50-62-61-31(4)64(50)53)24-45(68)57-37-21-40(22-37)71-39-18-8-32(9-19-39)20-44(67)60-49(54(5,6)7)52(70)63-25-38(66)23-43(63)51(69)59-42(26-65)33-10-12-35(13-11-33)48-29(2)56-27-72-48/h10-17,27,32,37-43,49,65-66H,8-9,18-26H2,1-7H3,(H,57,68)(H,59,69)(H,60,67)/t32?,37-,38-,39?,40-,41+,42+,43+,49-/m1/s1. The molecule has 5 aromatic rings. The number of halogens is 1. The quantitative estimate of drug-likeness (QED) is 0.0694. The van der Waals surface area contributed by atoms with E-state index in [0.29, 0.717) is 29.3 Å². The molecule has 0 spiro atoms. The van der Waals surface area contributed by atoms with Crippen LogP contribution in [0.15, 0.2) is 59.0 Å². The summed E-state index contributed by atoms with van der Waals surface area (Å²) in [6.07, 6.45) is 4.22. The minimum Gasteiger partial charge on any atom is -0.394 e. The van der Waals surface area contributed by atoms with Gasteiger partial charge in [-0.25, -0.2) is 4.98 Å². The number of aryl methyl sites for hydroxylation is 3. The molecule has 3 aromatic heterocycles. The fourth-order valence-corrected chi connectivity index (χ4v) is 12.8. The highest BCUT2D eigenvalue weighted by Crippen LogP contribution is 2.40. The minimum absolute atomic E-state index is 0.0128. The maximum Gasteiger partial charge on any atom is 0.246 e. The first-order valence-electron chi connectivity index (χ1n) is 25.4. The average Bonchev–Trinajstić information content (AvgIpc) is 4.11. The molecule has 2 aliphatic heterocycles. The Morgan fingerprint density at radius 1 is 0.877 bits per heavy atom. The molecule has 1 saturated heterocycles. The highest BCUT2D eigenvalue weighted by molar-refractivity contribution is 7.15. The molecule has 73 heavy (non-hydrogen) atoms. The molecule has 3 fully saturated rings. The summed E-state index contributed by atoms with van der Waals surface area (Å²) in [4.78, 5) is 68.7. The largest absolute Gasteiger partial charge is 0.394 e. The number of rotatable bonds is 15. The molecule has 2 saturated carbocycles. The van der Waals surface area contributed by atoms with Crippen LogP contribution in [0, 0.1) is 39.0 Å². The Balaban J connectivity index is 0.740. The third-order valence-electron chi connectivity index (χ3n) is 15.0. The number of aliphatic hydroxyl groups excluding tert-OH is 2. The minimum atomic E-state index is -0.983. The van der Waals surface area contributed by atoms with Gasteiger partial charge in [-0.05, 0) is 106 Å². The molecule has 5 heterocycles. The van der Waals surface area contributed by atoms with Gasteiger partial charge in [0, 0.05) is 46.5 Å². The average molecular weight is 1050 g/mol. The van der Waals surface area contributed by atoms with Crippen molar-refractivity contribution < 1.29 is 34.1 Å². The van der Waals surface area contributed by atoms with Gasteiger partial charge in [0.2, 0.25) is 23.6 Å². The van der Waals surface area contributed by atoms with Crippen LogP contribution in [0.2, 0.25) is 5.02 Å². The van der Waals surface area contributed by atoms with Gasteiger partial charge in [-0.3, -0.25) is 28.7 Å². The van der Waals surface area contributed by atoms with Gasteiger partial charge < -0.3 is 35.8 Å². The second-order valence-electron chi connectivity index (χ2n) is 21.3. The van der Waals surface area contributed by atoms with E-state index in [-0.39, 0.29) is 68.4 Å². The van der Waals surface area contributed by atoms with E-state index in [0.717, 1.165) is 75.0 Å². The van der Waals surface area contributed by atoms with E-state index in [4.69, 9.17) is 21.3 Å². The van der Waals surface area contributed by atoms with Crippen LogP contribution in [0.5, 0.6) is 0 Å². The Bertz CT molecular complexity index is 2860. The number of carbonyl (C=O) groups is 4. The van der Waals surface area contributed by atoms with Crippen molar-refractivity contribution in [2.75, 3.05) is 13.2 Å². The second-order valence-corrected chi connectivity index (χ2v) is 23.8. The molecular formula is C54H66ClN9O7S2. The lowest BCUT2D eigenvalue weighted by molar-refractivity contribution is -0.144. The monoisotopic (exact) mass is 1050 g/mol. The van der Waals surface area contributed by atoms with Gasteiger partial charge in [-0.15, -0.1) is 32.9 Å². The first kappa shape index (κ1) is 52.5. The van der Waals surface area contributed by atoms with Crippen LogP contribution in [0.1, 0.15) is 135 Å². The fraction of sp³-hybridized carbons (Fsp3) is 0.519. The van der Waals surface area contributed by atoms with Crippen molar-refractivity contribution >= 4 is 63.6 Å². The number of hydrogen-bond acceptors (Lipinski definition) is 13. The van der Waals surface area contributed by atoms with Crippen molar-refractivity contribution in [3.63, 3.8) is 0 Å². The van der Waals surface area contributed by atoms with Crippen molar-refractivity contribution in [2.45, 2.75) is 155 Å². The van der Waals surface area contributed by atoms with E-state index in [2.05, 4.69) is 45.0 Å². The van der Waals surface area contributed by atoms with Crippen molar-refractivity contribution in [1.82, 2.24) is 40.6 Å². The Kier molecular flexibility index (Phi) is 15.7. The summed E-state index contributed by atoms with van der Waals surface area (Å²) in [5, 5.41) is 40.8. The van der Waals surface area contributed by atoms with Crippen LogP contribution in [0.3, 0.4) is 0 Å². The Labute approximate surface area is 439 Å². The number of fused-ring (bicyclic) bond motifs is 3. The number of thiazole rings is 1. The molecule has 2 aromatic carbocycles. The molecule has 19 heteroatoms. The maximum absolute atomic E-state index is 14.3. The zero-order valence-electron chi connectivity index (χ0n) is 42.5. The number of ether oxygens (including phenoxy) is 1. The van der Waals surface area contributed by atoms with Gasteiger partial charge in [0.05, 0.1) is 59.2 Å². The second kappa shape index (κ2) is 21.8. The molecule has 0 unspecified atom stereocenters. The van der Waals surface area contributed by atoms with Gasteiger partial charge in [-0.2, -0.15) is 0 Å². The number of thiophene rings is 1. The highest BCUT2D eigenvalue weighted by Gasteiger charge is 2.45. The molecule has 2 aliphatic carbocycles. The topological polar surface area (TPSA) is 213 Å². The lowest BCUT2D eigenvalue weighted by Gasteiger charge is -2.40. The van der Waals surface area contributed by atoms with Crippen LogP contribution in [0.4, 0.5) is 0 Å². The van der Waals surface area contributed by atoms with Crippen LogP contribution in [-0.2, 0) is 23.9 Å². The number of nitrogens with zero attached hydrogens (tertiary/aromatic N) is 6. The van der Waals surface area contributed by atoms with Crippen molar-refractivity contribution in [1.29, 1.82) is 0 Å².